The Hall–Kier alpha value is -2.13. The molecule has 0 saturated carbocycles. The van der Waals surface area contributed by atoms with Gasteiger partial charge in [-0.2, -0.15) is 0 Å². The molecular formula is C26H41N3. The average molecular weight is 396 g/mol. The van der Waals surface area contributed by atoms with E-state index in [-0.39, 0.29) is 0 Å². The Labute approximate surface area is 178 Å². The van der Waals surface area contributed by atoms with Crippen molar-refractivity contribution in [2.45, 2.75) is 65.7 Å². The van der Waals surface area contributed by atoms with Crippen LogP contribution < -0.4 is 10.6 Å². The molecule has 0 bridgehead atoms. The number of hydrogen-bond donors (Lipinski definition) is 3. The molecule has 3 N–H and O–H groups in total. The van der Waals surface area contributed by atoms with Gasteiger partial charge in [-0.1, -0.05) is 68.5 Å². The van der Waals surface area contributed by atoms with E-state index in [0.29, 0.717) is 5.71 Å². The molecule has 0 saturated heterocycles. The molecule has 0 heterocycles. The minimum absolute atomic E-state index is 0.613. The van der Waals surface area contributed by atoms with E-state index in [9.17, 15) is 0 Å². The highest BCUT2D eigenvalue weighted by atomic mass is 14.9. The topological polar surface area (TPSA) is 47.9 Å². The van der Waals surface area contributed by atoms with Crippen molar-refractivity contribution in [1.82, 2.24) is 10.6 Å². The second-order valence-corrected chi connectivity index (χ2v) is 7.56. The van der Waals surface area contributed by atoms with Crippen LogP contribution in [0.2, 0.25) is 0 Å². The first-order chi connectivity index (χ1) is 14.1. The lowest BCUT2D eigenvalue weighted by Gasteiger charge is -2.11. The summed E-state index contributed by atoms with van der Waals surface area (Å²) in [5.74, 6) is 0. The highest BCUT2D eigenvalue weighted by molar-refractivity contribution is 5.96. The standard InChI is InChI=1S/C26H41N3/c1-5-7-11-24(10-6-2)12-8-9-19-28-20-17-22(3)29-21-18-25-13-15-26(16-14-25)23(4)27/h7,10-11,13-16,27-29H,3,5-6,8-9,12,17-21H2,1-2,4H3/b11-7-,24-10+,27-23?. The van der Waals surface area contributed by atoms with Crippen LogP contribution in [0.15, 0.2) is 60.3 Å². The van der Waals surface area contributed by atoms with Crippen LogP contribution in [0.1, 0.15) is 70.4 Å². The number of benzene rings is 1. The summed E-state index contributed by atoms with van der Waals surface area (Å²) in [6.07, 6.45) is 14.7. The lowest BCUT2D eigenvalue weighted by Crippen LogP contribution is -2.22. The molecule has 0 unspecified atom stereocenters. The van der Waals surface area contributed by atoms with Crippen molar-refractivity contribution in [3.05, 3.63) is 71.5 Å². The number of unbranched alkanes of at least 4 members (excludes halogenated alkanes) is 1. The van der Waals surface area contributed by atoms with Gasteiger partial charge in [0.25, 0.3) is 0 Å². The molecule has 0 amide bonds. The number of allylic oxidation sites excluding steroid dienone is 4. The fourth-order valence-electron chi connectivity index (χ4n) is 3.12. The van der Waals surface area contributed by atoms with Crippen LogP contribution in [0.25, 0.3) is 0 Å². The summed E-state index contributed by atoms with van der Waals surface area (Å²) in [4.78, 5) is 0. The zero-order valence-corrected chi connectivity index (χ0v) is 18.8. The van der Waals surface area contributed by atoms with Gasteiger partial charge in [0, 0.05) is 24.5 Å². The first kappa shape index (κ1) is 24.9. The summed E-state index contributed by atoms with van der Waals surface area (Å²) in [5.41, 5.74) is 5.48. The molecule has 0 atom stereocenters. The molecule has 0 aromatic heterocycles. The van der Waals surface area contributed by atoms with Gasteiger partial charge in [-0.15, -0.1) is 0 Å². The fraction of sp³-hybridized carbons (Fsp3) is 0.500. The van der Waals surface area contributed by atoms with Crippen molar-refractivity contribution >= 4 is 5.71 Å². The molecule has 0 fully saturated rings. The normalized spacial score (nSPS) is 11.8. The molecular weight excluding hydrogens is 354 g/mol. The molecule has 29 heavy (non-hydrogen) atoms. The van der Waals surface area contributed by atoms with Crippen molar-refractivity contribution < 1.29 is 0 Å². The molecule has 0 spiro atoms. The van der Waals surface area contributed by atoms with Gasteiger partial charge in [-0.3, -0.25) is 0 Å². The van der Waals surface area contributed by atoms with E-state index >= 15 is 0 Å². The summed E-state index contributed by atoms with van der Waals surface area (Å²) in [5, 5.41) is 14.6. The Morgan fingerprint density at radius 3 is 2.41 bits per heavy atom. The van der Waals surface area contributed by atoms with E-state index in [4.69, 9.17) is 5.41 Å². The average Bonchev–Trinajstić information content (AvgIpc) is 2.71. The van der Waals surface area contributed by atoms with E-state index in [1.807, 2.05) is 19.1 Å². The highest BCUT2D eigenvalue weighted by Crippen LogP contribution is 2.10. The molecule has 160 valence electrons. The largest absolute Gasteiger partial charge is 0.388 e. The first-order valence-corrected chi connectivity index (χ1v) is 11.2. The third-order valence-corrected chi connectivity index (χ3v) is 4.88. The summed E-state index contributed by atoms with van der Waals surface area (Å²) in [6.45, 7) is 13.3. The van der Waals surface area contributed by atoms with E-state index in [1.165, 1.54) is 30.4 Å². The second kappa shape index (κ2) is 15.8. The van der Waals surface area contributed by atoms with Gasteiger partial charge in [-0.05, 0) is 69.5 Å². The molecule has 1 rings (SSSR count). The predicted molar refractivity (Wildman–Crippen MR) is 129 cm³/mol. The van der Waals surface area contributed by atoms with Crippen molar-refractivity contribution in [3.8, 4) is 0 Å². The Morgan fingerprint density at radius 1 is 1.00 bits per heavy atom. The Morgan fingerprint density at radius 2 is 1.76 bits per heavy atom. The molecule has 1 aromatic rings. The smallest absolute Gasteiger partial charge is 0.0355 e. The molecule has 3 nitrogen and oxygen atoms in total. The Bertz CT molecular complexity index is 653. The maximum atomic E-state index is 7.64. The van der Waals surface area contributed by atoms with Crippen molar-refractivity contribution in [2.24, 2.45) is 0 Å². The van der Waals surface area contributed by atoms with Crippen LogP contribution in [0.3, 0.4) is 0 Å². The lowest BCUT2D eigenvalue weighted by atomic mass is 10.1. The van der Waals surface area contributed by atoms with E-state index in [2.05, 4.69) is 61.4 Å². The van der Waals surface area contributed by atoms with Gasteiger partial charge < -0.3 is 16.0 Å². The van der Waals surface area contributed by atoms with Crippen molar-refractivity contribution in [3.63, 3.8) is 0 Å². The minimum atomic E-state index is 0.613. The molecule has 0 aliphatic carbocycles. The van der Waals surface area contributed by atoms with Crippen LogP contribution in [0.4, 0.5) is 0 Å². The van der Waals surface area contributed by atoms with Crippen LogP contribution in [-0.2, 0) is 6.42 Å². The van der Waals surface area contributed by atoms with Crippen LogP contribution >= 0.6 is 0 Å². The van der Waals surface area contributed by atoms with Crippen molar-refractivity contribution in [2.75, 3.05) is 19.6 Å². The summed E-state index contributed by atoms with van der Waals surface area (Å²) in [6, 6.07) is 8.27. The molecule has 0 radical (unpaired) electrons. The number of rotatable bonds is 16. The van der Waals surface area contributed by atoms with Gasteiger partial charge in [0.1, 0.15) is 0 Å². The Kier molecular flexibility index (Phi) is 13.5. The SMILES string of the molecule is C=C(CCNCCCCC(/C=C\CC)=C/CC)NCCc1ccc(C(C)=N)cc1. The van der Waals surface area contributed by atoms with Gasteiger partial charge in [0.2, 0.25) is 0 Å². The number of hydrogen-bond acceptors (Lipinski definition) is 3. The third-order valence-electron chi connectivity index (χ3n) is 4.88. The van der Waals surface area contributed by atoms with Crippen LogP contribution in [-0.4, -0.2) is 25.3 Å². The maximum Gasteiger partial charge on any atom is 0.0355 e. The first-order valence-electron chi connectivity index (χ1n) is 11.2. The van der Waals surface area contributed by atoms with Gasteiger partial charge >= 0.3 is 0 Å². The molecule has 0 aliphatic heterocycles. The van der Waals surface area contributed by atoms with Crippen LogP contribution in [0, 0.1) is 5.41 Å². The quantitative estimate of drug-likeness (QED) is 0.178. The molecule has 1 aromatic carbocycles. The van der Waals surface area contributed by atoms with Gasteiger partial charge in [0.05, 0.1) is 0 Å². The van der Waals surface area contributed by atoms with E-state index < -0.39 is 0 Å². The van der Waals surface area contributed by atoms with Gasteiger partial charge in [-0.25, -0.2) is 0 Å². The second-order valence-electron chi connectivity index (χ2n) is 7.56. The fourth-order valence-corrected chi connectivity index (χ4v) is 3.12. The summed E-state index contributed by atoms with van der Waals surface area (Å²) < 4.78 is 0. The summed E-state index contributed by atoms with van der Waals surface area (Å²) in [7, 11) is 0. The zero-order valence-electron chi connectivity index (χ0n) is 18.8. The van der Waals surface area contributed by atoms with E-state index in [0.717, 1.165) is 56.6 Å². The van der Waals surface area contributed by atoms with Gasteiger partial charge in [0.15, 0.2) is 0 Å². The monoisotopic (exact) mass is 395 g/mol. The lowest BCUT2D eigenvalue weighted by molar-refractivity contribution is 0.609. The Balaban J connectivity index is 2.07. The maximum absolute atomic E-state index is 7.64. The van der Waals surface area contributed by atoms with Crippen molar-refractivity contribution in [1.29, 1.82) is 5.41 Å². The summed E-state index contributed by atoms with van der Waals surface area (Å²) >= 11 is 0. The third kappa shape index (κ3) is 12.1. The molecule has 3 heteroatoms. The van der Waals surface area contributed by atoms with Crippen LogP contribution in [0.5, 0.6) is 0 Å². The van der Waals surface area contributed by atoms with E-state index in [1.54, 1.807) is 0 Å². The minimum Gasteiger partial charge on any atom is -0.388 e. The zero-order chi connectivity index (χ0) is 21.3. The predicted octanol–water partition coefficient (Wildman–Crippen LogP) is 6.17. The molecule has 0 aliphatic rings. The highest BCUT2D eigenvalue weighted by Gasteiger charge is 1.99. The number of nitrogens with one attached hydrogen (secondary N) is 3.